The van der Waals surface area contributed by atoms with Gasteiger partial charge in [0.05, 0.1) is 5.41 Å². The maximum absolute atomic E-state index is 13.1. The van der Waals surface area contributed by atoms with E-state index in [9.17, 15) is 22.0 Å². The van der Waals surface area contributed by atoms with E-state index in [0.29, 0.717) is 6.07 Å². The Bertz CT molecular complexity index is 425. The second-order valence-electron chi connectivity index (χ2n) is 4.10. The third-order valence-electron chi connectivity index (χ3n) is 3.05. The molecule has 1 atom stereocenters. The summed E-state index contributed by atoms with van der Waals surface area (Å²) in [6, 6.07) is 1.71. The zero-order chi connectivity index (χ0) is 12.9. The fraction of sp³-hybridized carbons (Fsp3) is 0.500. The second-order valence-corrected chi connectivity index (χ2v) is 4.10. The molecule has 2 rings (SSSR count). The second kappa shape index (κ2) is 3.38. The molecule has 0 bridgehead atoms. The third kappa shape index (κ3) is 1.78. The van der Waals surface area contributed by atoms with Crippen LogP contribution in [0.5, 0.6) is 0 Å². The number of halogens is 5. The van der Waals surface area contributed by atoms with Crippen molar-refractivity contribution in [1.82, 2.24) is 4.98 Å². The summed E-state index contributed by atoms with van der Waals surface area (Å²) in [6.07, 6.45) is -4.18. The normalized spacial score (nSPS) is 26.9. The minimum absolute atomic E-state index is 0.0537. The maximum Gasteiger partial charge on any atom is 0.433 e. The first-order valence-electron chi connectivity index (χ1n) is 4.84. The molecule has 0 aromatic carbocycles. The average Bonchev–Trinajstić information content (AvgIpc) is 2.81. The van der Waals surface area contributed by atoms with E-state index in [2.05, 4.69) is 4.98 Å². The molecule has 1 aliphatic carbocycles. The number of pyridine rings is 1. The highest BCUT2D eigenvalue weighted by Gasteiger charge is 2.71. The molecule has 1 aromatic rings. The van der Waals surface area contributed by atoms with Crippen LogP contribution in [0.4, 0.5) is 22.0 Å². The molecule has 2 N–H and O–H groups in total. The smallest absolute Gasteiger partial charge is 0.329 e. The van der Waals surface area contributed by atoms with E-state index in [4.69, 9.17) is 5.73 Å². The maximum atomic E-state index is 13.1. The summed E-state index contributed by atoms with van der Waals surface area (Å²) in [6.45, 7) is -0.312. The van der Waals surface area contributed by atoms with Crippen LogP contribution in [0.2, 0.25) is 0 Å². The summed E-state index contributed by atoms with van der Waals surface area (Å²) in [5.41, 5.74) is 2.69. The van der Waals surface area contributed by atoms with Crippen LogP contribution >= 0.6 is 0 Å². The van der Waals surface area contributed by atoms with Gasteiger partial charge < -0.3 is 5.73 Å². The van der Waals surface area contributed by atoms with E-state index < -0.39 is 29.6 Å². The van der Waals surface area contributed by atoms with Gasteiger partial charge in [-0.15, -0.1) is 0 Å². The molecule has 17 heavy (non-hydrogen) atoms. The topological polar surface area (TPSA) is 38.9 Å². The van der Waals surface area contributed by atoms with Gasteiger partial charge in [0.15, 0.2) is 0 Å². The van der Waals surface area contributed by atoms with Crippen molar-refractivity contribution in [3.63, 3.8) is 0 Å². The first-order chi connectivity index (χ1) is 7.73. The number of aromatic nitrogens is 1. The zero-order valence-corrected chi connectivity index (χ0v) is 8.56. The van der Waals surface area contributed by atoms with Gasteiger partial charge in [-0.05, 0) is 11.6 Å². The summed E-state index contributed by atoms with van der Waals surface area (Å²) >= 11 is 0. The molecule has 1 heterocycles. The van der Waals surface area contributed by atoms with Gasteiger partial charge in [-0.3, -0.25) is 4.98 Å². The average molecular weight is 252 g/mol. The fourth-order valence-corrected chi connectivity index (χ4v) is 1.83. The van der Waals surface area contributed by atoms with Gasteiger partial charge >= 0.3 is 6.18 Å². The minimum atomic E-state index is -4.57. The Morgan fingerprint density at radius 1 is 1.29 bits per heavy atom. The van der Waals surface area contributed by atoms with E-state index in [0.717, 1.165) is 12.3 Å². The Morgan fingerprint density at radius 3 is 2.18 bits per heavy atom. The predicted molar refractivity (Wildman–Crippen MR) is 49.5 cm³/mol. The molecular weight excluding hydrogens is 243 g/mol. The van der Waals surface area contributed by atoms with Crippen LogP contribution in [-0.4, -0.2) is 17.5 Å². The highest BCUT2D eigenvalue weighted by Crippen LogP contribution is 2.60. The first kappa shape index (κ1) is 12.2. The Labute approximate surface area is 93.6 Å². The van der Waals surface area contributed by atoms with Gasteiger partial charge in [0, 0.05) is 19.2 Å². The van der Waals surface area contributed by atoms with Gasteiger partial charge in [0.25, 0.3) is 5.92 Å². The van der Waals surface area contributed by atoms with E-state index in [1.807, 2.05) is 0 Å². The van der Waals surface area contributed by atoms with Crippen LogP contribution in [0.15, 0.2) is 18.3 Å². The van der Waals surface area contributed by atoms with E-state index >= 15 is 0 Å². The molecule has 0 aliphatic heterocycles. The van der Waals surface area contributed by atoms with Gasteiger partial charge in [-0.2, -0.15) is 13.2 Å². The summed E-state index contributed by atoms with van der Waals surface area (Å²) in [7, 11) is 0. The first-order valence-corrected chi connectivity index (χ1v) is 4.84. The molecule has 0 amide bonds. The number of hydrogen-bond acceptors (Lipinski definition) is 2. The molecule has 1 saturated carbocycles. The van der Waals surface area contributed by atoms with Crippen molar-refractivity contribution in [3.05, 3.63) is 29.6 Å². The molecular formula is C10H9F5N2. The molecule has 7 heteroatoms. The Kier molecular flexibility index (Phi) is 2.43. The minimum Gasteiger partial charge on any atom is -0.329 e. The van der Waals surface area contributed by atoms with Crippen LogP contribution in [0.25, 0.3) is 0 Å². The van der Waals surface area contributed by atoms with Crippen LogP contribution in [0, 0.1) is 0 Å². The summed E-state index contributed by atoms with van der Waals surface area (Å²) in [5, 5.41) is 0. The molecule has 1 unspecified atom stereocenters. The van der Waals surface area contributed by atoms with E-state index in [1.54, 1.807) is 0 Å². The number of nitrogens with zero attached hydrogens (tertiary/aromatic N) is 1. The van der Waals surface area contributed by atoms with Gasteiger partial charge in [0.1, 0.15) is 5.69 Å². The quantitative estimate of drug-likeness (QED) is 0.820. The molecule has 1 aromatic heterocycles. The number of alkyl halides is 5. The Balaban J connectivity index is 2.31. The largest absolute Gasteiger partial charge is 0.433 e. The number of rotatable bonds is 2. The molecule has 94 valence electrons. The molecule has 0 radical (unpaired) electrons. The van der Waals surface area contributed by atoms with Crippen LogP contribution in [0.1, 0.15) is 17.7 Å². The standard InChI is InChI=1S/C10H9F5N2/c11-9(12)4-8(9,5-16)6-1-2-7(17-3-6)10(13,14)15/h1-3H,4-5,16H2. The fourth-order valence-electron chi connectivity index (χ4n) is 1.83. The van der Waals surface area contributed by atoms with E-state index in [1.165, 1.54) is 0 Å². The van der Waals surface area contributed by atoms with E-state index in [-0.39, 0.29) is 12.1 Å². The Hall–Kier alpha value is -1.24. The van der Waals surface area contributed by atoms with Crippen molar-refractivity contribution < 1.29 is 22.0 Å². The number of hydrogen-bond donors (Lipinski definition) is 1. The van der Waals surface area contributed by atoms with Crippen molar-refractivity contribution in [2.45, 2.75) is 23.9 Å². The van der Waals surface area contributed by atoms with Crippen molar-refractivity contribution >= 4 is 0 Å². The molecule has 2 nitrogen and oxygen atoms in total. The SMILES string of the molecule is NCC1(c2ccc(C(F)(F)F)nc2)CC1(F)F. The zero-order valence-electron chi connectivity index (χ0n) is 8.56. The van der Waals surface area contributed by atoms with Crippen molar-refractivity contribution in [3.8, 4) is 0 Å². The molecule has 1 aliphatic rings. The summed E-state index contributed by atoms with van der Waals surface area (Å²) < 4.78 is 63.0. The lowest BCUT2D eigenvalue weighted by Gasteiger charge is -2.14. The van der Waals surface area contributed by atoms with Crippen molar-refractivity contribution in [2.75, 3.05) is 6.54 Å². The van der Waals surface area contributed by atoms with Gasteiger partial charge in [-0.25, -0.2) is 8.78 Å². The predicted octanol–water partition coefficient (Wildman–Crippen LogP) is 2.34. The molecule has 0 spiro atoms. The van der Waals surface area contributed by atoms with Gasteiger partial charge in [-0.1, -0.05) is 6.07 Å². The Morgan fingerprint density at radius 2 is 1.88 bits per heavy atom. The lowest BCUT2D eigenvalue weighted by Crippen LogP contribution is -2.27. The summed E-state index contributed by atoms with van der Waals surface area (Å²) in [4.78, 5) is 3.16. The molecule has 1 fully saturated rings. The number of nitrogens with two attached hydrogens (primary N) is 1. The highest BCUT2D eigenvalue weighted by molar-refractivity contribution is 5.37. The van der Waals surface area contributed by atoms with Crippen LogP contribution in [-0.2, 0) is 11.6 Å². The van der Waals surface area contributed by atoms with Gasteiger partial charge in [0.2, 0.25) is 0 Å². The van der Waals surface area contributed by atoms with Crippen LogP contribution in [0.3, 0.4) is 0 Å². The van der Waals surface area contributed by atoms with Crippen molar-refractivity contribution in [2.24, 2.45) is 5.73 Å². The molecule has 0 saturated heterocycles. The third-order valence-corrected chi connectivity index (χ3v) is 3.05. The monoisotopic (exact) mass is 252 g/mol. The highest BCUT2D eigenvalue weighted by atomic mass is 19.4. The lowest BCUT2D eigenvalue weighted by atomic mass is 9.97. The summed E-state index contributed by atoms with van der Waals surface area (Å²) in [5.74, 6) is -2.96. The lowest BCUT2D eigenvalue weighted by molar-refractivity contribution is -0.141. The van der Waals surface area contributed by atoms with Crippen LogP contribution < -0.4 is 5.73 Å². The van der Waals surface area contributed by atoms with Crippen molar-refractivity contribution in [1.29, 1.82) is 0 Å².